The van der Waals surface area contributed by atoms with Crippen molar-refractivity contribution in [3.8, 4) is 0 Å². The molecule has 0 radical (unpaired) electrons. The second kappa shape index (κ2) is 4.90. The number of aromatic nitrogens is 2. The van der Waals surface area contributed by atoms with E-state index in [1.807, 2.05) is 30.3 Å². The van der Waals surface area contributed by atoms with Gasteiger partial charge in [0, 0.05) is 6.42 Å². The van der Waals surface area contributed by atoms with E-state index in [0.29, 0.717) is 18.1 Å². The monoisotopic (exact) mass is 245 g/mol. The van der Waals surface area contributed by atoms with Crippen LogP contribution in [0.15, 0.2) is 34.9 Å². The summed E-state index contributed by atoms with van der Waals surface area (Å²) in [4.78, 5) is 4.37. The number of nitrogens with zero attached hydrogens (tertiary/aromatic N) is 2. The maximum atomic E-state index is 6.08. The van der Waals surface area contributed by atoms with E-state index in [1.54, 1.807) is 0 Å². The molecule has 0 saturated carbocycles. The number of hydrogen-bond donors (Lipinski definition) is 1. The van der Waals surface area contributed by atoms with E-state index in [0.717, 1.165) is 5.56 Å². The normalized spacial score (nSPS) is 13.6. The Balaban J connectivity index is 2.12. The highest BCUT2D eigenvalue weighted by Crippen LogP contribution is 2.29. The fourth-order valence-corrected chi connectivity index (χ4v) is 1.61. The van der Waals surface area contributed by atoms with Gasteiger partial charge < -0.3 is 10.3 Å². The van der Waals surface area contributed by atoms with Gasteiger partial charge in [-0.25, -0.2) is 0 Å². The van der Waals surface area contributed by atoms with E-state index in [2.05, 4.69) is 30.9 Å². The molecular formula is C14H19N3O. The third-order valence-electron chi connectivity index (χ3n) is 2.89. The highest BCUT2D eigenvalue weighted by molar-refractivity contribution is 5.18. The van der Waals surface area contributed by atoms with Crippen molar-refractivity contribution in [2.24, 2.45) is 11.1 Å². The van der Waals surface area contributed by atoms with Gasteiger partial charge >= 0.3 is 0 Å². The van der Waals surface area contributed by atoms with Crippen molar-refractivity contribution in [2.45, 2.75) is 33.2 Å². The van der Waals surface area contributed by atoms with Crippen LogP contribution in [0.3, 0.4) is 0 Å². The summed E-state index contributed by atoms with van der Waals surface area (Å²) >= 11 is 0. The second-order valence-electron chi connectivity index (χ2n) is 5.55. The zero-order valence-corrected chi connectivity index (χ0v) is 11.1. The van der Waals surface area contributed by atoms with E-state index >= 15 is 0 Å². The van der Waals surface area contributed by atoms with E-state index in [9.17, 15) is 0 Å². The number of hydrogen-bond acceptors (Lipinski definition) is 4. The summed E-state index contributed by atoms with van der Waals surface area (Å²) in [7, 11) is 0. The lowest BCUT2D eigenvalue weighted by molar-refractivity contribution is 0.252. The van der Waals surface area contributed by atoms with Crippen molar-refractivity contribution < 1.29 is 4.52 Å². The Hall–Kier alpha value is -1.68. The molecule has 1 aromatic carbocycles. The average molecular weight is 245 g/mol. The molecule has 2 aromatic rings. The Morgan fingerprint density at radius 1 is 1.22 bits per heavy atom. The molecule has 4 nitrogen and oxygen atoms in total. The van der Waals surface area contributed by atoms with Gasteiger partial charge in [-0.2, -0.15) is 4.98 Å². The topological polar surface area (TPSA) is 64.9 Å². The van der Waals surface area contributed by atoms with Crippen LogP contribution in [0.5, 0.6) is 0 Å². The molecule has 2 N–H and O–H groups in total. The average Bonchev–Trinajstić information content (AvgIpc) is 2.76. The van der Waals surface area contributed by atoms with Crippen LogP contribution in [0.1, 0.15) is 44.1 Å². The van der Waals surface area contributed by atoms with Gasteiger partial charge in [-0.15, -0.1) is 0 Å². The molecule has 4 heteroatoms. The Bertz CT molecular complexity index is 499. The lowest BCUT2D eigenvalue weighted by Gasteiger charge is -2.23. The molecule has 1 aromatic heterocycles. The molecule has 96 valence electrons. The van der Waals surface area contributed by atoms with Crippen molar-refractivity contribution in [2.75, 3.05) is 0 Å². The number of benzene rings is 1. The molecule has 0 aliphatic carbocycles. The van der Waals surface area contributed by atoms with Gasteiger partial charge in [0.25, 0.3) is 0 Å². The summed E-state index contributed by atoms with van der Waals surface area (Å²) in [6, 6.07) is 9.82. The highest BCUT2D eigenvalue weighted by Gasteiger charge is 2.27. The lowest BCUT2D eigenvalue weighted by atomic mass is 9.87. The van der Waals surface area contributed by atoms with Crippen molar-refractivity contribution in [3.05, 3.63) is 47.6 Å². The lowest BCUT2D eigenvalue weighted by Crippen LogP contribution is -2.26. The van der Waals surface area contributed by atoms with E-state index in [-0.39, 0.29) is 11.5 Å². The van der Waals surface area contributed by atoms with Crippen LogP contribution in [0, 0.1) is 5.41 Å². The SMILES string of the molecule is CC(C)(C)[C@H](N)c1nc(Cc2ccccc2)no1. The van der Waals surface area contributed by atoms with Gasteiger partial charge in [0.2, 0.25) is 5.89 Å². The maximum absolute atomic E-state index is 6.08. The predicted molar refractivity (Wildman–Crippen MR) is 69.9 cm³/mol. The Labute approximate surface area is 107 Å². The summed E-state index contributed by atoms with van der Waals surface area (Å²) in [6.07, 6.45) is 0.668. The number of nitrogens with two attached hydrogens (primary N) is 1. The van der Waals surface area contributed by atoms with Crippen molar-refractivity contribution >= 4 is 0 Å². The maximum Gasteiger partial charge on any atom is 0.244 e. The largest absolute Gasteiger partial charge is 0.338 e. The Morgan fingerprint density at radius 2 is 1.89 bits per heavy atom. The van der Waals surface area contributed by atoms with Crippen molar-refractivity contribution in [1.29, 1.82) is 0 Å². The van der Waals surface area contributed by atoms with Crippen LogP contribution >= 0.6 is 0 Å². The minimum atomic E-state index is -0.241. The summed E-state index contributed by atoms with van der Waals surface area (Å²) in [5.74, 6) is 1.18. The first-order chi connectivity index (χ1) is 8.47. The molecule has 0 unspecified atom stereocenters. The molecule has 0 fully saturated rings. The summed E-state index contributed by atoms with van der Waals surface area (Å²) in [5.41, 5.74) is 7.16. The van der Waals surface area contributed by atoms with Gasteiger partial charge in [0.15, 0.2) is 5.82 Å². The van der Waals surface area contributed by atoms with Crippen LogP contribution in [0.4, 0.5) is 0 Å². The molecule has 0 aliphatic rings. The standard InChI is InChI=1S/C14H19N3O/c1-14(2,3)12(15)13-16-11(17-18-13)9-10-7-5-4-6-8-10/h4-8,12H,9,15H2,1-3H3/t12-/m1/s1. The fraction of sp³-hybridized carbons (Fsp3) is 0.429. The molecule has 1 atom stereocenters. The van der Waals surface area contributed by atoms with Gasteiger partial charge in [-0.1, -0.05) is 56.3 Å². The van der Waals surface area contributed by atoms with Gasteiger partial charge in [0.05, 0.1) is 6.04 Å². The first-order valence-corrected chi connectivity index (χ1v) is 6.09. The Kier molecular flexibility index (Phi) is 3.48. The molecule has 18 heavy (non-hydrogen) atoms. The summed E-state index contributed by atoms with van der Waals surface area (Å²) in [6.45, 7) is 6.16. The predicted octanol–water partition coefficient (Wildman–Crippen LogP) is 2.71. The van der Waals surface area contributed by atoms with Crippen molar-refractivity contribution in [1.82, 2.24) is 10.1 Å². The second-order valence-corrected chi connectivity index (χ2v) is 5.55. The first-order valence-electron chi connectivity index (χ1n) is 6.09. The minimum absolute atomic E-state index is 0.0868. The molecule has 0 amide bonds. The molecule has 2 rings (SSSR count). The minimum Gasteiger partial charge on any atom is -0.338 e. The first kappa shape index (κ1) is 12.8. The Morgan fingerprint density at radius 3 is 2.50 bits per heavy atom. The van der Waals surface area contributed by atoms with Crippen molar-refractivity contribution in [3.63, 3.8) is 0 Å². The van der Waals surface area contributed by atoms with Crippen LogP contribution < -0.4 is 5.73 Å². The summed E-state index contributed by atoms with van der Waals surface area (Å²) in [5, 5.41) is 3.98. The van der Waals surface area contributed by atoms with E-state index < -0.39 is 0 Å². The zero-order valence-electron chi connectivity index (χ0n) is 11.1. The quantitative estimate of drug-likeness (QED) is 0.903. The van der Waals surface area contributed by atoms with E-state index in [4.69, 9.17) is 10.3 Å². The van der Waals surface area contributed by atoms with Gasteiger partial charge in [-0.3, -0.25) is 0 Å². The third-order valence-corrected chi connectivity index (χ3v) is 2.89. The molecule has 0 saturated heterocycles. The summed E-state index contributed by atoms with van der Waals surface area (Å²) < 4.78 is 5.24. The fourth-order valence-electron chi connectivity index (χ4n) is 1.61. The number of rotatable bonds is 3. The highest BCUT2D eigenvalue weighted by atomic mass is 16.5. The van der Waals surface area contributed by atoms with Crippen LogP contribution in [-0.2, 0) is 6.42 Å². The van der Waals surface area contributed by atoms with Crippen LogP contribution in [-0.4, -0.2) is 10.1 Å². The smallest absolute Gasteiger partial charge is 0.244 e. The van der Waals surface area contributed by atoms with Crippen LogP contribution in [0.2, 0.25) is 0 Å². The molecule has 1 heterocycles. The molecular weight excluding hydrogens is 226 g/mol. The zero-order chi connectivity index (χ0) is 13.2. The van der Waals surface area contributed by atoms with Gasteiger partial charge in [-0.05, 0) is 11.0 Å². The molecule has 0 aliphatic heterocycles. The molecule has 0 spiro atoms. The molecule has 0 bridgehead atoms. The third kappa shape index (κ3) is 2.96. The van der Waals surface area contributed by atoms with Gasteiger partial charge in [0.1, 0.15) is 0 Å². The van der Waals surface area contributed by atoms with Crippen LogP contribution in [0.25, 0.3) is 0 Å². The van der Waals surface area contributed by atoms with E-state index in [1.165, 1.54) is 0 Å².